The SMILES string of the molecule is CC#C[C@]1(O)CC[C@@H]2[C@@H]3CCC4=C[C@H](O)CCC4=C3[C@@H](c3ccc(N(C)C)cc3)C[C@@]21C. The van der Waals surface area contributed by atoms with E-state index in [-0.39, 0.29) is 11.5 Å². The summed E-state index contributed by atoms with van der Waals surface area (Å²) in [4.78, 5) is 2.14. The van der Waals surface area contributed by atoms with Crippen LogP contribution in [0.4, 0.5) is 5.69 Å². The lowest BCUT2D eigenvalue weighted by molar-refractivity contribution is -0.0514. The van der Waals surface area contributed by atoms with Crippen molar-refractivity contribution in [2.24, 2.45) is 17.3 Å². The van der Waals surface area contributed by atoms with Crippen molar-refractivity contribution in [2.45, 2.75) is 76.4 Å². The zero-order valence-corrected chi connectivity index (χ0v) is 20.0. The molecule has 4 aliphatic rings. The first-order chi connectivity index (χ1) is 15.3. The number of nitrogens with zero attached hydrogens (tertiary/aromatic N) is 1. The van der Waals surface area contributed by atoms with Crippen LogP contribution in [0.15, 0.2) is 47.1 Å². The molecule has 3 nitrogen and oxygen atoms in total. The molecule has 0 aliphatic heterocycles. The molecule has 5 rings (SSSR count). The van der Waals surface area contributed by atoms with Crippen LogP contribution >= 0.6 is 0 Å². The Labute approximate surface area is 193 Å². The van der Waals surface area contributed by atoms with Crippen molar-refractivity contribution in [1.29, 1.82) is 0 Å². The van der Waals surface area contributed by atoms with E-state index in [0.717, 1.165) is 44.9 Å². The number of rotatable bonds is 2. The number of aliphatic hydroxyl groups excluding tert-OH is 1. The van der Waals surface area contributed by atoms with Gasteiger partial charge in [0.05, 0.1) is 6.10 Å². The highest BCUT2D eigenvalue weighted by Gasteiger charge is 2.62. The third-order valence-corrected chi connectivity index (χ3v) is 9.16. The molecular weight excluding hydrogens is 394 g/mol. The van der Waals surface area contributed by atoms with E-state index < -0.39 is 5.60 Å². The van der Waals surface area contributed by atoms with Crippen molar-refractivity contribution in [2.75, 3.05) is 19.0 Å². The lowest BCUT2D eigenvalue weighted by Gasteiger charge is -2.54. The lowest BCUT2D eigenvalue weighted by Crippen LogP contribution is -2.51. The lowest BCUT2D eigenvalue weighted by atomic mass is 9.51. The second-order valence-electron chi connectivity index (χ2n) is 10.9. The van der Waals surface area contributed by atoms with Crippen molar-refractivity contribution >= 4 is 5.69 Å². The summed E-state index contributed by atoms with van der Waals surface area (Å²) < 4.78 is 0. The fourth-order valence-corrected chi connectivity index (χ4v) is 7.50. The Kier molecular flexibility index (Phi) is 5.31. The quantitative estimate of drug-likeness (QED) is 0.633. The van der Waals surface area contributed by atoms with Crippen LogP contribution in [0.2, 0.25) is 0 Å². The van der Waals surface area contributed by atoms with Crippen LogP contribution in [0.1, 0.15) is 70.3 Å². The van der Waals surface area contributed by atoms with Crippen LogP contribution < -0.4 is 4.90 Å². The Morgan fingerprint density at radius 1 is 1.06 bits per heavy atom. The fraction of sp³-hybridized carbons (Fsp3) is 0.586. The van der Waals surface area contributed by atoms with Crippen molar-refractivity contribution in [1.82, 2.24) is 0 Å². The molecule has 3 heteroatoms. The molecule has 0 amide bonds. The molecule has 0 unspecified atom stereocenters. The zero-order chi connectivity index (χ0) is 22.7. The van der Waals surface area contributed by atoms with Gasteiger partial charge in [0.15, 0.2) is 0 Å². The summed E-state index contributed by atoms with van der Waals surface area (Å²) in [6, 6.07) is 9.04. The molecule has 4 aliphatic carbocycles. The summed E-state index contributed by atoms with van der Waals surface area (Å²) in [7, 11) is 4.16. The first-order valence-corrected chi connectivity index (χ1v) is 12.3. The van der Waals surface area contributed by atoms with Crippen LogP contribution in [0, 0.1) is 29.1 Å². The minimum atomic E-state index is -0.899. The first-order valence-electron chi connectivity index (χ1n) is 12.3. The Bertz CT molecular complexity index is 1020. The van der Waals surface area contributed by atoms with Crippen LogP contribution in [-0.4, -0.2) is 36.0 Å². The topological polar surface area (TPSA) is 43.7 Å². The van der Waals surface area contributed by atoms with Gasteiger partial charge in [0, 0.05) is 31.1 Å². The van der Waals surface area contributed by atoms with Crippen molar-refractivity contribution < 1.29 is 10.2 Å². The summed E-state index contributed by atoms with van der Waals surface area (Å²) in [5, 5.41) is 22.0. The minimum Gasteiger partial charge on any atom is -0.389 e. The van der Waals surface area contributed by atoms with E-state index in [1.807, 2.05) is 6.92 Å². The number of hydrogen-bond acceptors (Lipinski definition) is 3. The van der Waals surface area contributed by atoms with Crippen molar-refractivity contribution in [3.63, 3.8) is 0 Å². The average molecular weight is 432 g/mol. The molecule has 0 saturated heterocycles. The molecule has 6 atom stereocenters. The average Bonchev–Trinajstić information content (AvgIpc) is 3.03. The van der Waals surface area contributed by atoms with Gasteiger partial charge in [-0.1, -0.05) is 36.6 Å². The van der Waals surface area contributed by atoms with Crippen molar-refractivity contribution in [3.05, 3.63) is 52.6 Å². The molecule has 2 saturated carbocycles. The first kappa shape index (κ1) is 21.8. The molecule has 32 heavy (non-hydrogen) atoms. The molecule has 2 fully saturated rings. The molecule has 2 N–H and O–H groups in total. The maximum Gasteiger partial charge on any atom is 0.131 e. The van der Waals surface area contributed by atoms with Crippen molar-refractivity contribution in [3.8, 4) is 11.8 Å². The molecule has 1 aromatic rings. The van der Waals surface area contributed by atoms with Gasteiger partial charge < -0.3 is 15.1 Å². The van der Waals surface area contributed by atoms with Crippen LogP contribution in [0.25, 0.3) is 0 Å². The number of aliphatic hydroxyl groups is 2. The summed E-state index contributed by atoms with van der Waals surface area (Å²) in [6.07, 6.45) is 8.58. The summed E-state index contributed by atoms with van der Waals surface area (Å²) in [5.74, 6) is 7.58. The predicted molar refractivity (Wildman–Crippen MR) is 130 cm³/mol. The van der Waals surface area contributed by atoms with Crippen LogP contribution in [-0.2, 0) is 0 Å². The second-order valence-corrected chi connectivity index (χ2v) is 10.9. The van der Waals surface area contributed by atoms with Crippen LogP contribution in [0.3, 0.4) is 0 Å². The van der Waals surface area contributed by atoms with Gasteiger partial charge in [0.1, 0.15) is 5.60 Å². The number of allylic oxidation sites excluding steroid dienone is 3. The van der Waals surface area contributed by atoms with E-state index >= 15 is 0 Å². The largest absolute Gasteiger partial charge is 0.389 e. The Morgan fingerprint density at radius 3 is 2.50 bits per heavy atom. The van der Waals surface area contributed by atoms with Gasteiger partial charge in [-0.05, 0) is 92.5 Å². The highest BCUT2D eigenvalue weighted by molar-refractivity contribution is 5.52. The smallest absolute Gasteiger partial charge is 0.131 e. The molecule has 0 bridgehead atoms. The highest BCUT2D eigenvalue weighted by Crippen LogP contribution is 2.66. The molecule has 1 aromatic carbocycles. The summed E-state index contributed by atoms with van der Waals surface area (Å²) in [5.41, 5.74) is 5.98. The zero-order valence-electron chi connectivity index (χ0n) is 20.0. The Hall–Kier alpha value is -2.02. The van der Waals surface area contributed by atoms with Gasteiger partial charge in [-0.25, -0.2) is 0 Å². The summed E-state index contributed by atoms with van der Waals surface area (Å²) >= 11 is 0. The minimum absolute atomic E-state index is 0.203. The predicted octanol–water partition coefficient (Wildman–Crippen LogP) is 5.20. The van der Waals surface area contributed by atoms with E-state index in [4.69, 9.17) is 0 Å². The number of benzene rings is 1. The van der Waals surface area contributed by atoms with E-state index in [1.54, 1.807) is 5.57 Å². The molecule has 0 aromatic heterocycles. The fourth-order valence-electron chi connectivity index (χ4n) is 7.50. The maximum absolute atomic E-state index is 11.7. The van der Waals surface area contributed by atoms with Crippen LogP contribution in [0.5, 0.6) is 0 Å². The normalized spacial score (nSPS) is 38.1. The maximum atomic E-state index is 11.7. The molecule has 0 radical (unpaired) electrons. The van der Waals surface area contributed by atoms with E-state index in [2.05, 4.69) is 68.1 Å². The Morgan fingerprint density at radius 2 is 1.81 bits per heavy atom. The van der Waals surface area contributed by atoms with E-state index in [1.165, 1.54) is 22.4 Å². The van der Waals surface area contributed by atoms with E-state index in [9.17, 15) is 10.2 Å². The third kappa shape index (κ3) is 3.18. The standard InChI is InChI=1S/C29H37NO2/c1-5-15-29(32)16-14-26-24-12-8-20-17-22(31)11-13-23(20)27(24)25(18-28(26,29)2)19-6-9-21(10-7-19)30(3)4/h6-7,9-10,17,22,24-26,31-32H,8,11-14,16,18H2,1-4H3/t22-,24+,25-,26-,28+,29+/m1/s1. The van der Waals surface area contributed by atoms with Gasteiger partial charge in [-0.15, -0.1) is 5.92 Å². The van der Waals surface area contributed by atoms with Gasteiger partial charge in [-0.2, -0.15) is 0 Å². The second kappa shape index (κ2) is 7.79. The highest BCUT2D eigenvalue weighted by atomic mass is 16.3. The van der Waals surface area contributed by atoms with Gasteiger partial charge in [0.25, 0.3) is 0 Å². The van der Waals surface area contributed by atoms with Gasteiger partial charge in [-0.3, -0.25) is 0 Å². The van der Waals surface area contributed by atoms with Gasteiger partial charge >= 0.3 is 0 Å². The Balaban J connectivity index is 1.66. The monoisotopic (exact) mass is 431 g/mol. The summed E-state index contributed by atoms with van der Waals surface area (Å²) in [6.45, 7) is 4.17. The van der Waals surface area contributed by atoms with Gasteiger partial charge in [0.2, 0.25) is 0 Å². The van der Waals surface area contributed by atoms with E-state index in [0.29, 0.717) is 17.8 Å². The number of hydrogen-bond donors (Lipinski definition) is 2. The number of fused-ring (bicyclic) bond motifs is 4. The molecule has 170 valence electrons. The molecule has 0 heterocycles. The number of anilines is 1. The molecular formula is C29H37NO2. The third-order valence-electron chi connectivity index (χ3n) is 9.16. The molecule has 0 spiro atoms.